The van der Waals surface area contributed by atoms with Gasteiger partial charge in [0, 0.05) is 18.3 Å². The van der Waals surface area contributed by atoms with Gasteiger partial charge in [0.05, 0.1) is 11.3 Å². The molecule has 0 aliphatic heterocycles. The Morgan fingerprint density at radius 1 is 1.30 bits per heavy atom. The van der Waals surface area contributed by atoms with Crippen molar-refractivity contribution in [2.75, 3.05) is 17.7 Å². The lowest BCUT2D eigenvalue weighted by Gasteiger charge is -2.09. The van der Waals surface area contributed by atoms with Gasteiger partial charge in [0.25, 0.3) is 5.91 Å². The van der Waals surface area contributed by atoms with Crippen LogP contribution in [0.3, 0.4) is 0 Å². The average molecular weight is 266 g/mol. The molecule has 5 nitrogen and oxygen atoms in total. The number of nitrogens with zero attached hydrogens (tertiary/aromatic N) is 2. The van der Waals surface area contributed by atoms with Gasteiger partial charge in [0.15, 0.2) is 0 Å². The predicted molar refractivity (Wildman–Crippen MR) is 77.6 cm³/mol. The summed E-state index contributed by atoms with van der Waals surface area (Å²) in [6, 6.07) is 12.3. The molecule has 1 amide bonds. The van der Waals surface area contributed by atoms with Crippen LogP contribution in [-0.4, -0.2) is 17.9 Å². The summed E-state index contributed by atoms with van der Waals surface area (Å²) in [4.78, 5) is 16.5. The molecule has 0 unspecified atom stereocenters. The average Bonchev–Trinajstić information content (AvgIpc) is 2.47. The number of nitriles is 1. The van der Waals surface area contributed by atoms with Crippen molar-refractivity contribution in [2.24, 2.45) is 0 Å². The molecule has 100 valence electrons. The molecule has 0 bridgehead atoms. The normalized spacial score (nSPS) is 9.65. The quantitative estimate of drug-likeness (QED) is 0.895. The van der Waals surface area contributed by atoms with Crippen LogP contribution >= 0.6 is 0 Å². The summed E-state index contributed by atoms with van der Waals surface area (Å²) in [5.41, 5.74) is 2.17. The Labute approximate surface area is 117 Å². The minimum absolute atomic E-state index is 0.269. The summed E-state index contributed by atoms with van der Waals surface area (Å²) in [5.74, 6) is 0.360. The SMILES string of the molecule is CNc1cc(C(=O)Nc2ccccc2C#N)cc(C)n1. The molecule has 0 atom stereocenters. The van der Waals surface area contributed by atoms with Crippen molar-refractivity contribution in [1.82, 2.24) is 4.98 Å². The van der Waals surface area contributed by atoms with E-state index >= 15 is 0 Å². The Balaban J connectivity index is 2.29. The van der Waals surface area contributed by atoms with Crippen molar-refractivity contribution in [2.45, 2.75) is 6.92 Å². The molecule has 0 saturated heterocycles. The largest absolute Gasteiger partial charge is 0.373 e. The molecule has 20 heavy (non-hydrogen) atoms. The number of amides is 1. The first-order valence-electron chi connectivity index (χ1n) is 6.11. The van der Waals surface area contributed by atoms with Crippen LogP contribution in [0.2, 0.25) is 0 Å². The number of hydrogen-bond donors (Lipinski definition) is 2. The molecule has 1 aromatic carbocycles. The van der Waals surface area contributed by atoms with Crippen molar-refractivity contribution in [1.29, 1.82) is 5.26 Å². The highest BCUT2D eigenvalue weighted by Crippen LogP contribution is 2.16. The molecule has 1 aromatic heterocycles. The van der Waals surface area contributed by atoms with Gasteiger partial charge in [-0.1, -0.05) is 12.1 Å². The van der Waals surface area contributed by atoms with Crippen molar-refractivity contribution in [3.8, 4) is 6.07 Å². The zero-order valence-electron chi connectivity index (χ0n) is 11.3. The summed E-state index contributed by atoms with van der Waals surface area (Å²) in [7, 11) is 1.74. The number of anilines is 2. The molecule has 0 saturated carbocycles. The molecule has 2 N–H and O–H groups in total. The van der Waals surface area contributed by atoms with Crippen LogP contribution in [-0.2, 0) is 0 Å². The van der Waals surface area contributed by atoms with Gasteiger partial charge in [0.1, 0.15) is 11.9 Å². The minimum Gasteiger partial charge on any atom is -0.373 e. The zero-order chi connectivity index (χ0) is 14.5. The molecule has 0 fully saturated rings. The van der Waals surface area contributed by atoms with E-state index in [0.717, 1.165) is 5.69 Å². The van der Waals surface area contributed by atoms with Gasteiger partial charge in [-0.2, -0.15) is 5.26 Å². The molecule has 2 rings (SSSR count). The van der Waals surface area contributed by atoms with E-state index in [-0.39, 0.29) is 5.91 Å². The summed E-state index contributed by atoms with van der Waals surface area (Å²) in [6.45, 7) is 1.82. The van der Waals surface area contributed by atoms with Crippen molar-refractivity contribution >= 4 is 17.4 Å². The molecule has 0 aliphatic rings. The summed E-state index contributed by atoms with van der Waals surface area (Å²) >= 11 is 0. The fraction of sp³-hybridized carbons (Fsp3) is 0.133. The second-order valence-corrected chi connectivity index (χ2v) is 4.24. The van der Waals surface area contributed by atoms with Crippen molar-refractivity contribution in [3.05, 3.63) is 53.2 Å². The van der Waals surface area contributed by atoms with E-state index in [4.69, 9.17) is 5.26 Å². The first kappa shape index (κ1) is 13.6. The lowest BCUT2D eigenvalue weighted by atomic mass is 10.1. The van der Waals surface area contributed by atoms with Crippen LogP contribution in [0.5, 0.6) is 0 Å². The van der Waals surface area contributed by atoms with E-state index in [2.05, 4.69) is 15.6 Å². The van der Waals surface area contributed by atoms with Gasteiger partial charge >= 0.3 is 0 Å². The summed E-state index contributed by atoms with van der Waals surface area (Å²) in [6.07, 6.45) is 0. The standard InChI is InChI=1S/C15H14N4O/c1-10-7-12(8-14(17-2)18-10)15(20)19-13-6-4-3-5-11(13)9-16/h3-8H,1-2H3,(H,17,18)(H,19,20). The zero-order valence-corrected chi connectivity index (χ0v) is 11.3. The second-order valence-electron chi connectivity index (χ2n) is 4.24. The van der Waals surface area contributed by atoms with E-state index in [1.165, 1.54) is 0 Å². The third-order valence-electron chi connectivity index (χ3n) is 2.77. The van der Waals surface area contributed by atoms with Crippen LogP contribution in [0.25, 0.3) is 0 Å². The molecular weight excluding hydrogens is 252 g/mol. The smallest absolute Gasteiger partial charge is 0.255 e. The van der Waals surface area contributed by atoms with E-state index in [9.17, 15) is 4.79 Å². The first-order valence-corrected chi connectivity index (χ1v) is 6.11. The van der Waals surface area contributed by atoms with E-state index in [1.807, 2.05) is 13.0 Å². The second kappa shape index (κ2) is 5.85. The number of carbonyl (C=O) groups is 1. The number of aryl methyl sites for hydroxylation is 1. The monoisotopic (exact) mass is 266 g/mol. The van der Waals surface area contributed by atoms with Crippen LogP contribution in [0.4, 0.5) is 11.5 Å². The number of pyridine rings is 1. The van der Waals surface area contributed by atoms with Crippen molar-refractivity contribution < 1.29 is 4.79 Å². The fourth-order valence-electron chi connectivity index (χ4n) is 1.81. The molecule has 2 aromatic rings. The number of nitrogens with one attached hydrogen (secondary N) is 2. The van der Waals surface area contributed by atoms with Gasteiger partial charge in [-0.3, -0.25) is 4.79 Å². The predicted octanol–water partition coefficient (Wildman–Crippen LogP) is 2.56. The Bertz CT molecular complexity index is 689. The van der Waals surface area contributed by atoms with E-state index < -0.39 is 0 Å². The minimum atomic E-state index is -0.269. The Hall–Kier alpha value is -2.87. The first-order chi connectivity index (χ1) is 9.63. The maximum absolute atomic E-state index is 12.2. The van der Waals surface area contributed by atoms with Crippen LogP contribution in [0.1, 0.15) is 21.6 Å². The Morgan fingerprint density at radius 2 is 2.05 bits per heavy atom. The highest BCUT2D eigenvalue weighted by atomic mass is 16.1. The van der Waals surface area contributed by atoms with Gasteiger partial charge < -0.3 is 10.6 Å². The lowest BCUT2D eigenvalue weighted by Crippen LogP contribution is -2.14. The number of aromatic nitrogens is 1. The number of rotatable bonds is 3. The van der Waals surface area contributed by atoms with Gasteiger partial charge in [0.2, 0.25) is 0 Å². The van der Waals surface area contributed by atoms with Crippen molar-refractivity contribution in [3.63, 3.8) is 0 Å². The molecule has 1 heterocycles. The Morgan fingerprint density at radius 3 is 2.75 bits per heavy atom. The van der Waals surface area contributed by atoms with E-state index in [0.29, 0.717) is 22.6 Å². The maximum atomic E-state index is 12.2. The number of para-hydroxylation sites is 1. The summed E-state index contributed by atoms with van der Waals surface area (Å²) in [5, 5.41) is 14.7. The highest BCUT2D eigenvalue weighted by molar-refractivity contribution is 6.05. The van der Waals surface area contributed by atoms with Crippen LogP contribution in [0, 0.1) is 18.3 Å². The number of hydrogen-bond acceptors (Lipinski definition) is 4. The fourth-order valence-corrected chi connectivity index (χ4v) is 1.81. The lowest BCUT2D eigenvalue weighted by molar-refractivity contribution is 0.102. The highest BCUT2D eigenvalue weighted by Gasteiger charge is 2.10. The third kappa shape index (κ3) is 2.93. The van der Waals surface area contributed by atoms with Gasteiger partial charge in [-0.15, -0.1) is 0 Å². The number of benzene rings is 1. The van der Waals surface area contributed by atoms with Crippen LogP contribution in [0.15, 0.2) is 36.4 Å². The number of carbonyl (C=O) groups excluding carboxylic acids is 1. The van der Waals surface area contributed by atoms with Crippen LogP contribution < -0.4 is 10.6 Å². The molecule has 0 aliphatic carbocycles. The van der Waals surface area contributed by atoms with Gasteiger partial charge in [-0.25, -0.2) is 4.98 Å². The molecule has 5 heteroatoms. The molecule has 0 radical (unpaired) electrons. The topological polar surface area (TPSA) is 77.8 Å². The molecular formula is C15H14N4O. The Kier molecular flexibility index (Phi) is 3.96. The molecule has 0 spiro atoms. The van der Waals surface area contributed by atoms with Gasteiger partial charge in [-0.05, 0) is 31.2 Å². The third-order valence-corrected chi connectivity index (χ3v) is 2.77. The maximum Gasteiger partial charge on any atom is 0.255 e. The van der Waals surface area contributed by atoms with E-state index in [1.54, 1.807) is 43.4 Å². The summed E-state index contributed by atoms with van der Waals surface area (Å²) < 4.78 is 0.